The number of rotatable bonds is 4. The predicted molar refractivity (Wildman–Crippen MR) is 75.5 cm³/mol. The highest BCUT2D eigenvalue weighted by Crippen LogP contribution is 2.25. The third-order valence-electron chi connectivity index (χ3n) is 2.52. The highest BCUT2D eigenvalue weighted by Gasteiger charge is 2.31. The molecule has 0 saturated carbocycles. The van der Waals surface area contributed by atoms with E-state index in [2.05, 4.69) is 9.73 Å². The average Bonchev–Trinajstić information content (AvgIpc) is 2.45. The van der Waals surface area contributed by atoms with E-state index in [1.54, 1.807) is 0 Å². The molecule has 0 bridgehead atoms. The standard InChI is InChI=1S/C15H13F3N2O2/c16-15(17,18)22-13-8-4-7-12(9-13)21-14(19)20-10-11-5-2-1-3-6-11/h1-9H,10H2,(H2,19,20). The first kappa shape index (κ1) is 15.7. The molecule has 0 amide bonds. The Hall–Kier alpha value is -2.70. The molecule has 7 heteroatoms. The van der Waals surface area contributed by atoms with Crippen molar-refractivity contribution in [3.63, 3.8) is 0 Å². The fourth-order valence-corrected chi connectivity index (χ4v) is 1.64. The lowest BCUT2D eigenvalue weighted by atomic mass is 10.2. The molecule has 0 aliphatic carbocycles. The van der Waals surface area contributed by atoms with Crippen LogP contribution in [0.3, 0.4) is 0 Å². The van der Waals surface area contributed by atoms with Gasteiger partial charge in [0.05, 0.1) is 6.54 Å². The van der Waals surface area contributed by atoms with Crippen LogP contribution in [-0.4, -0.2) is 12.4 Å². The second kappa shape index (κ2) is 6.84. The zero-order chi connectivity index (χ0) is 16.0. The molecule has 0 aliphatic heterocycles. The van der Waals surface area contributed by atoms with Gasteiger partial charge in [-0.3, -0.25) is 0 Å². The first-order valence-electron chi connectivity index (χ1n) is 6.30. The second-order valence-electron chi connectivity index (χ2n) is 4.26. The van der Waals surface area contributed by atoms with Crippen LogP contribution >= 0.6 is 0 Å². The van der Waals surface area contributed by atoms with Crippen molar-refractivity contribution in [2.45, 2.75) is 12.9 Å². The molecule has 2 N–H and O–H groups in total. The van der Waals surface area contributed by atoms with Gasteiger partial charge in [0.1, 0.15) is 11.5 Å². The number of nitrogens with two attached hydrogens (primary N) is 1. The van der Waals surface area contributed by atoms with E-state index >= 15 is 0 Å². The summed E-state index contributed by atoms with van der Waals surface area (Å²) in [5.41, 5.74) is 6.53. The zero-order valence-corrected chi connectivity index (χ0v) is 11.4. The van der Waals surface area contributed by atoms with Crippen LogP contribution < -0.4 is 15.2 Å². The van der Waals surface area contributed by atoms with Crippen LogP contribution in [0.25, 0.3) is 0 Å². The molecule has 2 aromatic rings. The quantitative estimate of drug-likeness (QED) is 0.695. The molecule has 0 aliphatic rings. The Morgan fingerprint density at radius 1 is 1.00 bits per heavy atom. The average molecular weight is 310 g/mol. The second-order valence-corrected chi connectivity index (χ2v) is 4.26. The maximum atomic E-state index is 12.1. The van der Waals surface area contributed by atoms with Gasteiger partial charge in [-0.25, -0.2) is 4.99 Å². The molecule has 2 rings (SSSR count). The molecule has 22 heavy (non-hydrogen) atoms. The third-order valence-corrected chi connectivity index (χ3v) is 2.52. The molecule has 116 valence electrons. The van der Waals surface area contributed by atoms with Crippen LogP contribution in [0.4, 0.5) is 13.2 Å². The molecule has 0 unspecified atom stereocenters. The molecule has 0 saturated heterocycles. The van der Waals surface area contributed by atoms with Crippen molar-refractivity contribution in [1.29, 1.82) is 0 Å². The first-order chi connectivity index (χ1) is 10.4. The lowest BCUT2D eigenvalue weighted by Crippen LogP contribution is -2.20. The van der Waals surface area contributed by atoms with Crippen molar-refractivity contribution < 1.29 is 22.6 Å². The lowest BCUT2D eigenvalue weighted by molar-refractivity contribution is -0.274. The van der Waals surface area contributed by atoms with Gasteiger partial charge in [-0.1, -0.05) is 36.4 Å². The van der Waals surface area contributed by atoms with Crippen LogP contribution in [0, 0.1) is 0 Å². The Balaban J connectivity index is 1.99. The van der Waals surface area contributed by atoms with E-state index in [1.165, 1.54) is 12.1 Å². The minimum atomic E-state index is -4.76. The van der Waals surface area contributed by atoms with Crippen LogP contribution in [-0.2, 0) is 6.54 Å². The highest BCUT2D eigenvalue weighted by molar-refractivity contribution is 5.74. The van der Waals surface area contributed by atoms with Gasteiger partial charge in [0.15, 0.2) is 0 Å². The number of alkyl halides is 3. The monoisotopic (exact) mass is 310 g/mol. The summed E-state index contributed by atoms with van der Waals surface area (Å²) < 4.78 is 45.4. The summed E-state index contributed by atoms with van der Waals surface area (Å²) in [7, 11) is 0. The molecule has 0 spiro atoms. The van der Waals surface area contributed by atoms with E-state index in [0.717, 1.165) is 17.7 Å². The van der Waals surface area contributed by atoms with E-state index in [0.29, 0.717) is 6.54 Å². The summed E-state index contributed by atoms with van der Waals surface area (Å²) in [4.78, 5) is 4.00. The smallest absolute Gasteiger partial charge is 0.426 e. The number of ether oxygens (including phenoxy) is 2. The Kier molecular flexibility index (Phi) is 4.88. The Bertz CT molecular complexity index is 643. The summed E-state index contributed by atoms with van der Waals surface area (Å²) in [5, 5.41) is 0. The van der Waals surface area contributed by atoms with Crippen LogP contribution in [0.2, 0.25) is 0 Å². The maximum absolute atomic E-state index is 12.1. The Labute approximate surface area is 125 Å². The van der Waals surface area contributed by atoms with Gasteiger partial charge < -0.3 is 15.2 Å². The van der Waals surface area contributed by atoms with Gasteiger partial charge in [0, 0.05) is 6.07 Å². The fraction of sp³-hybridized carbons (Fsp3) is 0.133. The molecular weight excluding hydrogens is 297 g/mol. The number of hydrogen-bond donors (Lipinski definition) is 1. The van der Waals surface area contributed by atoms with Crippen LogP contribution in [0.15, 0.2) is 59.6 Å². The lowest BCUT2D eigenvalue weighted by Gasteiger charge is -2.10. The third kappa shape index (κ3) is 5.35. The van der Waals surface area contributed by atoms with Crippen molar-refractivity contribution in [3.05, 3.63) is 60.2 Å². The van der Waals surface area contributed by atoms with Crippen molar-refractivity contribution in [3.8, 4) is 11.5 Å². The van der Waals surface area contributed by atoms with Crippen molar-refractivity contribution in [2.75, 3.05) is 0 Å². The molecule has 0 atom stereocenters. The van der Waals surface area contributed by atoms with Crippen molar-refractivity contribution >= 4 is 6.02 Å². The van der Waals surface area contributed by atoms with Gasteiger partial charge in [0.2, 0.25) is 0 Å². The molecule has 0 fully saturated rings. The number of aliphatic imine (C=N–C) groups is 1. The number of hydrogen-bond acceptors (Lipinski definition) is 3. The molecule has 4 nitrogen and oxygen atoms in total. The van der Waals surface area contributed by atoms with Gasteiger partial charge >= 0.3 is 6.36 Å². The fourth-order valence-electron chi connectivity index (χ4n) is 1.64. The normalized spacial score (nSPS) is 12.0. The molecule has 0 aromatic heterocycles. The minimum Gasteiger partial charge on any atom is -0.426 e. The van der Waals surface area contributed by atoms with Gasteiger partial charge in [-0.2, -0.15) is 0 Å². The van der Waals surface area contributed by atoms with Gasteiger partial charge in [-0.05, 0) is 17.7 Å². The maximum Gasteiger partial charge on any atom is 0.573 e. The van der Waals surface area contributed by atoms with Crippen LogP contribution in [0.1, 0.15) is 5.56 Å². The van der Waals surface area contributed by atoms with Crippen molar-refractivity contribution in [1.82, 2.24) is 0 Å². The Morgan fingerprint density at radius 2 is 1.68 bits per heavy atom. The summed E-state index contributed by atoms with van der Waals surface area (Å²) >= 11 is 0. The van der Waals surface area contributed by atoms with Crippen LogP contribution in [0.5, 0.6) is 11.5 Å². The summed E-state index contributed by atoms with van der Waals surface area (Å²) in [5.74, 6) is -0.281. The minimum absolute atomic E-state index is 0.107. The number of benzene rings is 2. The molecule has 2 aromatic carbocycles. The molecule has 0 heterocycles. The van der Waals surface area contributed by atoms with E-state index in [-0.39, 0.29) is 17.5 Å². The summed E-state index contributed by atoms with van der Waals surface area (Å²) in [6, 6.07) is 14.3. The molecular formula is C15H13F3N2O2. The number of nitrogens with zero attached hydrogens (tertiary/aromatic N) is 1. The summed E-state index contributed by atoms with van der Waals surface area (Å²) in [6.45, 7) is 0.311. The van der Waals surface area contributed by atoms with E-state index in [9.17, 15) is 13.2 Å². The molecule has 0 radical (unpaired) electrons. The largest absolute Gasteiger partial charge is 0.573 e. The van der Waals surface area contributed by atoms with E-state index in [4.69, 9.17) is 10.5 Å². The van der Waals surface area contributed by atoms with Gasteiger partial charge in [0.25, 0.3) is 6.02 Å². The first-order valence-corrected chi connectivity index (χ1v) is 6.30. The number of halogens is 3. The summed E-state index contributed by atoms with van der Waals surface area (Å²) in [6.07, 6.45) is -4.76. The highest BCUT2D eigenvalue weighted by atomic mass is 19.4. The van der Waals surface area contributed by atoms with Crippen molar-refractivity contribution in [2.24, 2.45) is 10.7 Å². The zero-order valence-electron chi connectivity index (χ0n) is 11.4. The predicted octanol–water partition coefficient (Wildman–Crippen LogP) is 3.48. The SMILES string of the molecule is NC(=NCc1ccccc1)Oc1cccc(OC(F)(F)F)c1. The Morgan fingerprint density at radius 3 is 2.36 bits per heavy atom. The van der Waals surface area contributed by atoms with E-state index < -0.39 is 6.36 Å². The van der Waals surface area contributed by atoms with Gasteiger partial charge in [-0.15, -0.1) is 13.2 Å². The van der Waals surface area contributed by atoms with E-state index in [1.807, 2.05) is 30.3 Å². The number of amidine groups is 1. The topological polar surface area (TPSA) is 56.8 Å².